The molecule has 1 aliphatic carbocycles. The molecule has 4 aliphatic rings. The lowest BCUT2D eigenvalue weighted by Gasteiger charge is -2.41. The third-order valence-electron chi connectivity index (χ3n) is 9.48. The van der Waals surface area contributed by atoms with Crippen LogP contribution in [-0.4, -0.2) is 122 Å². The van der Waals surface area contributed by atoms with E-state index in [1.165, 1.54) is 0 Å². The zero-order valence-electron chi connectivity index (χ0n) is 27.3. The quantitative estimate of drug-likeness (QED) is 0.188. The normalized spacial score (nSPS) is 20.2. The van der Waals surface area contributed by atoms with Gasteiger partial charge in [-0.25, -0.2) is 6.57 Å². The molecule has 1 atom stereocenters. The molecule has 0 spiro atoms. The van der Waals surface area contributed by atoms with Gasteiger partial charge in [0.2, 0.25) is 12.5 Å². The first kappa shape index (κ1) is 32.1. The minimum Gasteiger partial charge on any atom is -0.508 e. The number of carbonyl (C=O) groups excluding carboxylic acids is 1. The number of hydrogen-bond acceptors (Lipinski definition) is 10. The monoisotopic (exact) mass is 653 g/mol. The third-order valence-corrected chi connectivity index (χ3v) is 9.48. The number of carbonyl (C=O) groups is 1. The van der Waals surface area contributed by atoms with Crippen molar-refractivity contribution in [2.24, 2.45) is 0 Å². The Labute approximate surface area is 281 Å². The summed E-state index contributed by atoms with van der Waals surface area (Å²) in [6, 6.07) is 11.7. The average Bonchev–Trinajstić information content (AvgIpc) is 3.94. The molecule has 3 aromatic rings. The van der Waals surface area contributed by atoms with Gasteiger partial charge < -0.3 is 38.9 Å². The van der Waals surface area contributed by atoms with Crippen LogP contribution >= 0.6 is 0 Å². The number of piperazine rings is 1. The molecule has 0 bridgehead atoms. The lowest BCUT2D eigenvalue weighted by Crippen LogP contribution is -2.56. The molecule has 12 nitrogen and oxygen atoms in total. The smallest absolute Gasteiger partial charge is 0.318 e. The molecular weight excluding hydrogens is 610 g/mol. The van der Waals surface area contributed by atoms with Crippen LogP contribution in [0, 0.1) is 6.57 Å². The molecule has 4 heterocycles. The number of amides is 1. The van der Waals surface area contributed by atoms with Gasteiger partial charge in [-0.05, 0) is 30.7 Å². The standard InChI is InChI=1S/C36H43N7O5/c1-37-23-27-24-42(13-14-43(27)34(45)7-4-11-40-15-17-46-18-16-40)35-31-10-12-41(33-22-28(44)21-26-5-2-3-6-30(26)33)25-32(31)38-36(39-35)48-20-19-47-29-8-9-29/h2-7,21-22,27,29,44H,8-20,23-25H2/b7-4+/t27-/m0/s1. The van der Waals surface area contributed by atoms with Crippen LogP contribution in [-0.2, 0) is 27.2 Å². The van der Waals surface area contributed by atoms with Gasteiger partial charge in [0, 0.05) is 74.6 Å². The lowest BCUT2D eigenvalue weighted by atomic mass is 10.0. The Hall–Kier alpha value is -4.44. The third kappa shape index (κ3) is 7.49. The summed E-state index contributed by atoms with van der Waals surface area (Å²) in [5.41, 5.74) is 2.90. The fourth-order valence-corrected chi connectivity index (χ4v) is 6.82. The summed E-state index contributed by atoms with van der Waals surface area (Å²) in [4.78, 5) is 35.4. The van der Waals surface area contributed by atoms with Crippen LogP contribution in [0.2, 0.25) is 0 Å². The van der Waals surface area contributed by atoms with Crippen molar-refractivity contribution < 1.29 is 24.1 Å². The number of rotatable bonds is 11. The van der Waals surface area contributed by atoms with Gasteiger partial charge in [-0.15, -0.1) is 0 Å². The number of nitrogens with zero attached hydrogens (tertiary/aromatic N) is 7. The summed E-state index contributed by atoms with van der Waals surface area (Å²) in [5.74, 6) is 0.977. The number of phenolic OH excluding ortho intramolecular Hbond substituents is 1. The number of anilines is 2. The molecule has 2 saturated heterocycles. The van der Waals surface area contributed by atoms with E-state index in [0.717, 1.165) is 79.2 Å². The van der Waals surface area contributed by atoms with E-state index in [0.29, 0.717) is 64.5 Å². The molecule has 0 radical (unpaired) electrons. The Bertz CT molecular complexity index is 1680. The van der Waals surface area contributed by atoms with Gasteiger partial charge in [-0.1, -0.05) is 30.3 Å². The van der Waals surface area contributed by atoms with E-state index in [-0.39, 0.29) is 24.2 Å². The molecule has 252 valence electrons. The molecule has 1 saturated carbocycles. The van der Waals surface area contributed by atoms with Gasteiger partial charge in [0.25, 0.3) is 0 Å². The second kappa shape index (κ2) is 14.8. The predicted octanol–water partition coefficient (Wildman–Crippen LogP) is 3.28. The van der Waals surface area contributed by atoms with E-state index >= 15 is 0 Å². The molecule has 2 aromatic carbocycles. The van der Waals surface area contributed by atoms with Crippen LogP contribution < -0.4 is 14.5 Å². The van der Waals surface area contributed by atoms with Crippen molar-refractivity contribution in [1.29, 1.82) is 0 Å². The molecule has 0 unspecified atom stereocenters. The molecule has 1 N–H and O–H groups in total. The zero-order chi connectivity index (χ0) is 32.9. The Morgan fingerprint density at radius 2 is 1.92 bits per heavy atom. The second-order valence-corrected chi connectivity index (χ2v) is 12.8. The van der Waals surface area contributed by atoms with Gasteiger partial charge in [-0.2, -0.15) is 9.97 Å². The first-order valence-corrected chi connectivity index (χ1v) is 17.0. The summed E-state index contributed by atoms with van der Waals surface area (Å²) in [5, 5.41) is 12.6. The van der Waals surface area contributed by atoms with E-state index in [2.05, 4.69) is 25.6 Å². The number of aromatic nitrogens is 2. The number of morpholine rings is 1. The minimum absolute atomic E-state index is 0.0602. The van der Waals surface area contributed by atoms with E-state index in [4.69, 9.17) is 30.8 Å². The maximum Gasteiger partial charge on any atom is 0.318 e. The van der Waals surface area contributed by atoms with E-state index in [9.17, 15) is 9.90 Å². The van der Waals surface area contributed by atoms with Crippen LogP contribution in [0.4, 0.5) is 11.5 Å². The predicted molar refractivity (Wildman–Crippen MR) is 182 cm³/mol. The highest BCUT2D eigenvalue weighted by Crippen LogP contribution is 2.36. The molecule has 3 aliphatic heterocycles. The maximum absolute atomic E-state index is 13.3. The zero-order valence-corrected chi connectivity index (χ0v) is 27.3. The number of ether oxygens (including phenoxy) is 3. The number of phenols is 1. The number of hydrogen-bond donors (Lipinski definition) is 1. The Morgan fingerprint density at radius 3 is 2.75 bits per heavy atom. The van der Waals surface area contributed by atoms with Crippen molar-refractivity contribution in [3.05, 3.63) is 71.2 Å². The molecular formula is C36H43N7O5. The maximum atomic E-state index is 13.3. The van der Waals surface area contributed by atoms with Crippen LogP contribution in [0.3, 0.4) is 0 Å². The molecule has 1 aromatic heterocycles. The number of benzene rings is 2. The van der Waals surface area contributed by atoms with Gasteiger partial charge in [0.05, 0.1) is 38.2 Å². The first-order chi connectivity index (χ1) is 23.6. The van der Waals surface area contributed by atoms with E-state index in [1.807, 2.05) is 35.2 Å². The lowest BCUT2D eigenvalue weighted by molar-refractivity contribution is -0.128. The minimum atomic E-state index is -0.266. The summed E-state index contributed by atoms with van der Waals surface area (Å²) in [6.45, 7) is 15.4. The van der Waals surface area contributed by atoms with Gasteiger partial charge in [-0.3, -0.25) is 9.69 Å². The molecule has 48 heavy (non-hydrogen) atoms. The van der Waals surface area contributed by atoms with Crippen LogP contribution in [0.15, 0.2) is 48.6 Å². The van der Waals surface area contributed by atoms with Crippen LogP contribution in [0.1, 0.15) is 24.1 Å². The highest BCUT2D eigenvalue weighted by atomic mass is 16.5. The van der Waals surface area contributed by atoms with Crippen LogP contribution in [0.5, 0.6) is 11.8 Å². The van der Waals surface area contributed by atoms with Gasteiger partial charge in [0.15, 0.2) is 0 Å². The van der Waals surface area contributed by atoms with E-state index < -0.39 is 0 Å². The fourth-order valence-electron chi connectivity index (χ4n) is 6.82. The molecule has 3 fully saturated rings. The fraction of sp³-hybridized carbons (Fsp3) is 0.500. The van der Waals surface area contributed by atoms with Gasteiger partial charge in [0.1, 0.15) is 24.2 Å². The average molecular weight is 654 g/mol. The topological polar surface area (TPSA) is 108 Å². The highest BCUT2D eigenvalue weighted by molar-refractivity contribution is 5.95. The molecule has 12 heteroatoms. The Kier molecular flexibility index (Phi) is 9.88. The SMILES string of the molecule is [C-]#[N+]C[C@H]1CN(c2nc(OCCOC3CC3)nc3c2CCN(c2cc(O)cc4ccccc24)C3)CCN1C(=O)/C=C/CN1CCOCC1. The summed E-state index contributed by atoms with van der Waals surface area (Å²) < 4.78 is 17.3. The largest absolute Gasteiger partial charge is 0.508 e. The Morgan fingerprint density at radius 1 is 1.06 bits per heavy atom. The van der Waals surface area contributed by atoms with Crippen molar-refractivity contribution >= 4 is 28.2 Å². The first-order valence-electron chi connectivity index (χ1n) is 17.0. The van der Waals surface area contributed by atoms with Crippen molar-refractivity contribution in [3.63, 3.8) is 0 Å². The van der Waals surface area contributed by atoms with Crippen molar-refractivity contribution in [3.8, 4) is 11.8 Å². The van der Waals surface area contributed by atoms with E-state index in [1.54, 1.807) is 12.1 Å². The summed E-state index contributed by atoms with van der Waals surface area (Å²) in [6.07, 6.45) is 6.83. The summed E-state index contributed by atoms with van der Waals surface area (Å²) in [7, 11) is 0. The van der Waals surface area contributed by atoms with Crippen LogP contribution in [0.25, 0.3) is 15.6 Å². The highest BCUT2D eigenvalue weighted by Gasteiger charge is 2.35. The van der Waals surface area contributed by atoms with Gasteiger partial charge >= 0.3 is 6.01 Å². The van der Waals surface area contributed by atoms with Crippen molar-refractivity contribution in [2.45, 2.75) is 38.0 Å². The molecule has 7 rings (SSSR count). The molecule has 1 amide bonds. The number of aromatic hydroxyl groups is 1. The second-order valence-electron chi connectivity index (χ2n) is 12.8. The van der Waals surface area contributed by atoms with Crippen molar-refractivity contribution in [2.75, 3.05) is 88.6 Å². The summed E-state index contributed by atoms with van der Waals surface area (Å²) >= 11 is 0. The van der Waals surface area contributed by atoms with Crippen molar-refractivity contribution in [1.82, 2.24) is 19.8 Å². The number of fused-ring (bicyclic) bond motifs is 2. The Balaban J connectivity index is 1.11.